The van der Waals surface area contributed by atoms with Crippen molar-refractivity contribution in [1.82, 2.24) is 35.1 Å². The molecule has 3 aliphatic rings. The van der Waals surface area contributed by atoms with Crippen LogP contribution in [0.2, 0.25) is 5.02 Å². The average Bonchev–Trinajstić information content (AvgIpc) is 4.06. The molecule has 5 aromatic rings. The zero-order valence-electron chi connectivity index (χ0n) is 30.0. The van der Waals surface area contributed by atoms with Crippen molar-refractivity contribution in [3.63, 3.8) is 0 Å². The number of methoxy groups -OCH3 is 1. The Morgan fingerprint density at radius 1 is 0.778 bits per heavy atom. The number of carbonyl (C=O) groups is 3. The summed E-state index contributed by atoms with van der Waals surface area (Å²) >= 11 is 6.45. The number of halogens is 1. The Hall–Kier alpha value is -5.46. The summed E-state index contributed by atoms with van der Waals surface area (Å²) in [5.41, 5.74) is 6.40. The molecule has 0 bridgehead atoms. The summed E-state index contributed by atoms with van der Waals surface area (Å²) in [6.45, 7) is 1.91. The quantitative estimate of drug-likeness (QED) is 0.143. The van der Waals surface area contributed by atoms with Crippen LogP contribution in [0.4, 0.5) is 4.79 Å². The van der Waals surface area contributed by atoms with Gasteiger partial charge in [-0.15, -0.1) is 0 Å². The van der Waals surface area contributed by atoms with Crippen LogP contribution >= 0.6 is 11.6 Å². The predicted molar refractivity (Wildman–Crippen MR) is 203 cm³/mol. The third kappa shape index (κ3) is 7.11. The van der Waals surface area contributed by atoms with Gasteiger partial charge in [-0.1, -0.05) is 78.3 Å². The molecular formula is C41H42ClN7O5. The Labute approximate surface area is 318 Å². The Kier molecular flexibility index (Phi) is 10.2. The number of amides is 3. The lowest BCUT2D eigenvalue weighted by molar-refractivity contribution is -0.142. The number of rotatable bonds is 9. The minimum absolute atomic E-state index is 0.0549. The number of nitrogens with one attached hydrogen (secondary N) is 3. The second-order valence-electron chi connectivity index (χ2n) is 14.0. The van der Waals surface area contributed by atoms with E-state index < -0.39 is 12.1 Å². The summed E-state index contributed by atoms with van der Waals surface area (Å²) in [4.78, 5) is 59.3. The van der Waals surface area contributed by atoms with Crippen LogP contribution in [0.15, 0.2) is 85.2 Å². The lowest BCUT2D eigenvalue weighted by atomic mass is 10.0. The molecule has 3 amide bonds. The van der Waals surface area contributed by atoms with Gasteiger partial charge in [0.1, 0.15) is 23.8 Å². The molecule has 3 saturated heterocycles. The Morgan fingerprint density at radius 2 is 1.33 bits per heavy atom. The maximum absolute atomic E-state index is 13.9. The van der Waals surface area contributed by atoms with E-state index in [0.717, 1.165) is 84.5 Å². The van der Waals surface area contributed by atoms with E-state index >= 15 is 0 Å². The van der Waals surface area contributed by atoms with Crippen LogP contribution in [0.5, 0.6) is 0 Å². The monoisotopic (exact) mass is 747 g/mol. The van der Waals surface area contributed by atoms with Crippen LogP contribution in [-0.4, -0.2) is 80.6 Å². The van der Waals surface area contributed by atoms with Crippen molar-refractivity contribution in [2.75, 3.05) is 26.8 Å². The Balaban J connectivity index is 0.934. The highest BCUT2D eigenvalue weighted by Crippen LogP contribution is 2.37. The van der Waals surface area contributed by atoms with Crippen LogP contribution in [0, 0.1) is 0 Å². The van der Waals surface area contributed by atoms with Gasteiger partial charge < -0.3 is 34.6 Å². The van der Waals surface area contributed by atoms with Crippen LogP contribution < -0.4 is 5.32 Å². The topological polar surface area (TPSA) is 146 Å². The fourth-order valence-corrected chi connectivity index (χ4v) is 8.15. The largest absolute Gasteiger partial charge is 0.453 e. The van der Waals surface area contributed by atoms with Crippen molar-refractivity contribution in [3.05, 3.63) is 107 Å². The third-order valence-corrected chi connectivity index (χ3v) is 11.1. The SMILES string of the molecule is COC(=O)N[C@@H](C(=O)N1CCC[C@H]1c1ncc(-c2ccc(-c3ccc(-c4cnc([C@@H]5CCCN5C(=O)[C@H]5CCCO5)[nH]4)cc3)cc2)[nH]1)c1ccccc1Cl. The average molecular weight is 748 g/mol. The maximum atomic E-state index is 13.9. The van der Waals surface area contributed by atoms with Crippen LogP contribution in [-0.2, 0) is 19.1 Å². The molecule has 54 heavy (non-hydrogen) atoms. The molecule has 2 aromatic heterocycles. The molecule has 0 saturated carbocycles. The van der Waals surface area contributed by atoms with Gasteiger partial charge in [-0.2, -0.15) is 0 Å². The Bertz CT molecular complexity index is 2130. The van der Waals surface area contributed by atoms with Gasteiger partial charge in [0.05, 0.1) is 43.0 Å². The second-order valence-corrected chi connectivity index (χ2v) is 14.4. The van der Waals surface area contributed by atoms with Crippen molar-refractivity contribution < 1.29 is 23.9 Å². The summed E-state index contributed by atoms with van der Waals surface area (Å²) in [6, 6.07) is 22.3. The lowest BCUT2D eigenvalue weighted by Crippen LogP contribution is -2.43. The number of benzene rings is 3. The van der Waals surface area contributed by atoms with E-state index in [2.05, 4.69) is 73.8 Å². The van der Waals surface area contributed by atoms with Crippen LogP contribution in [0.1, 0.15) is 73.9 Å². The smallest absolute Gasteiger partial charge is 0.407 e. The fraction of sp³-hybridized carbons (Fsp3) is 0.341. The third-order valence-electron chi connectivity index (χ3n) is 10.7. The normalized spacial score (nSPS) is 20.3. The molecule has 4 atom stereocenters. The predicted octanol–water partition coefficient (Wildman–Crippen LogP) is 7.39. The first-order valence-electron chi connectivity index (χ1n) is 18.5. The number of hydrogen-bond donors (Lipinski definition) is 3. The van der Waals surface area contributed by atoms with E-state index in [1.165, 1.54) is 7.11 Å². The number of carbonyl (C=O) groups excluding carboxylic acids is 3. The minimum atomic E-state index is -1.00. The van der Waals surface area contributed by atoms with E-state index in [9.17, 15) is 14.4 Å². The summed E-state index contributed by atoms with van der Waals surface area (Å²) in [6.07, 6.45) is 7.70. The first-order valence-corrected chi connectivity index (χ1v) is 18.9. The first-order chi connectivity index (χ1) is 26.4. The van der Waals surface area contributed by atoms with Gasteiger partial charge in [-0.25, -0.2) is 14.8 Å². The highest BCUT2D eigenvalue weighted by Gasteiger charge is 2.39. The van der Waals surface area contributed by atoms with Crippen molar-refractivity contribution in [3.8, 4) is 33.6 Å². The van der Waals surface area contributed by atoms with E-state index in [0.29, 0.717) is 29.6 Å². The summed E-state index contributed by atoms with van der Waals surface area (Å²) in [5, 5.41) is 3.05. The van der Waals surface area contributed by atoms with E-state index in [1.807, 2.05) is 11.1 Å². The number of H-pyrrole nitrogens is 2. The van der Waals surface area contributed by atoms with Gasteiger partial charge in [0.2, 0.25) is 0 Å². The second kappa shape index (κ2) is 15.5. The van der Waals surface area contributed by atoms with Gasteiger partial charge in [0, 0.05) is 30.3 Å². The molecule has 278 valence electrons. The first kappa shape index (κ1) is 35.6. The van der Waals surface area contributed by atoms with Gasteiger partial charge in [0.15, 0.2) is 0 Å². The molecular weight excluding hydrogens is 706 g/mol. The van der Waals surface area contributed by atoms with E-state index in [4.69, 9.17) is 21.1 Å². The molecule has 0 aliphatic carbocycles. The number of likely N-dealkylation sites (tertiary alicyclic amines) is 2. The molecule has 5 heterocycles. The molecule has 0 unspecified atom stereocenters. The van der Waals surface area contributed by atoms with Crippen molar-refractivity contribution in [2.45, 2.75) is 62.8 Å². The zero-order valence-corrected chi connectivity index (χ0v) is 30.7. The van der Waals surface area contributed by atoms with Crippen molar-refractivity contribution in [1.29, 1.82) is 0 Å². The maximum Gasteiger partial charge on any atom is 0.407 e. The molecule has 3 fully saturated rings. The number of imidazole rings is 2. The summed E-state index contributed by atoms with van der Waals surface area (Å²) in [7, 11) is 1.26. The highest BCUT2D eigenvalue weighted by molar-refractivity contribution is 6.31. The zero-order chi connectivity index (χ0) is 37.2. The van der Waals surface area contributed by atoms with Crippen LogP contribution in [0.25, 0.3) is 33.6 Å². The van der Waals surface area contributed by atoms with Crippen molar-refractivity contribution in [2.24, 2.45) is 0 Å². The summed E-state index contributed by atoms with van der Waals surface area (Å²) < 4.78 is 10.5. The Morgan fingerprint density at radius 3 is 1.89 bits per heavy atom. The van der Waals surface area contributed by atoms with Gasteiger partial charge in [-0.05, 0) is 66.8 Å². The molecule has 12 nitrogen and oxygen atoms in total. The number of ether oxygens (including phenoxy) is 2. The van der Waals surface area contributed by atoms with Crippen molar-refractivity contribution >= 4 is 29.5 Å². The van der Waals surface area contributed by atoms with Crippen LogP contribution in [0.3, 0.4) is 0 Å². The van der Waals surface area contributed by atoms with Gasteiger partial charge in [0.25, 0.3) is 11.8 Å². The van der Waals surface area contributed by atoms with Gasteiger partial charge >= 0.3 is 6.09 Å². The summed E-state index contributed by atoms with van der Waals surface area (Å²) in [5.74, 6) is 1.31. The van der Waals surface area contributed by atoms with E-state index in [1.54, 1.807) is 35.4 Å². The highest BCUT2D eigenvalue weighted by atomic mass is 35.5. The minimum Gasteiger partial charge on any atom is -0.453 e. The number of aromatic amines is 2. The molecule has 0 spiro atoms. The number of aromatic nitrogens is 4. The molecule has 13 heteroatoms. The van der Waals surface area contributed by atoms with E-state index in [-0.39, 0.29) is 30.0 Å². The van der Waals surface area contributed by atoms with Gasteiger partial charge in [-0.3, -0.25) is 9.59 Å². The lowest BCUT2D eigenvalue weighted by Gasteiger charge is -2.28. The molecule has 3 N–H and O–H groups in total. The number of alkyl carbamates (subject to hydrolysis) is 1. The fourth-order valence-electron chi connectivity index (χ4n) is 7.90. The standard InChI is InChI=1S/C41H42ClN7O5/c1-53-41(52)47-36(29-7-2-3-8-30(29)42)40(51)49-21-5-10-34(49)38-44-24-32(46-38)28-18-14-26(15-19-28)25-12-16-27(17-13-25)31-23-43-37(45-31)33-9-4-20-48(33)39(50)35-11-6-22-54-35/h2-3,7-8,12-19,23-24,33-36H,4-6,9-11,20-22H2,1H3,(H,43,45)(H,44,46)(H,47,52)/t33-,34-,35+,36+/m0/s1. The molecule has 3 aromatic carbocycles. The molecule has 8 rings (SSSR count). The molecule has 3 aliphatic heterocycles. The number of hydrogen-bond acceptors (Lipinski definition) is 7. The molecule has 0 radical (unpaired) electrons. The number of nitrogens with zero attached hydrogens (tertiary/aromatic N) is 4.